The van der Waals surface area contributed by atoms with Crippen LogP contribution < -0.4 is 23.8 Å². The molecule has 3 aromatic carbocycles. The van der Waals surface area contributed by atoms with Gasteiger partial charge in [0.2, 0.25) is 0 Å². The molecule has 1 aromatic heterocycles. The number of carbonyl (C=O) groups excluding carboxylic acids is 2. The summed E-state index contributed by atoms with van der Waals surface area (Å²) in [4.78, 5) is 33.5. The van der Waals surface area contributed by atoms with Gasteiger partial charge in [0.05, 0.1) is 49.3 Å². The van der Waals surface area contributed by atoms with E-state index in [0.29, 0.717) is 58.0 Å². The second-order valence-corrected chi connectivity index (χ2v) is 11.0. The maximum Gasteiger partial charge on any atom is 0.301 e. The fourth-order valence-corrected chi connectivity index (χ4v) is 5.90. The molecule has 5 rings (SSSR count). The van der Waals surface area contributed by atoms with Crippen molar-refractivity contribution in [2.75, 3.05) is 32.3 Å². The zero-order valence-corrected chi connectivity index (χ0v) is 25.4. The molecule has 0 aliphatic carbocycles. The van der Waals surface area contributed by atoms with Gasteiger partial charge >= 0.3 is 5.91 Å². The highest BCUT2D eigenvalue weighted by molar-refractivity contribution is 7.22. The smallest absolute Gasteiger partial charge is 0.301 e. The van der Waals surface area contributed by atoms with Crippen molar-refractivity contribution in [2.24, 2.45) is 0 Å². The minimum absolute atomic E-state index is 0.0591. The Morgan fingerprint density at radius 1 is 0.907 bits per heavy atom. The molecule has 1 amide bonds. The van der Waals surface area contributed by atoms with E-state index in [4.69, 9.17) is 23.9 Å². The molecule has 1 saturated heterocycles. The summed E-state index contributed by atoms with van der Waals surface area (Å²) >= 11 is 1.26. The molecule has 4 aromatic rings. The van der Waals surface area contributed by atoms with Crippen molar-refractivity contribution < 1.29 is 33.6 Å². The number of methoxy groups -OCH3 is 2. The van der Waals surface area contributed by atoms with Gasteiger partial charge in [-0.05, 0) is 60.9 Å². The van der Waals surface area contributed by atoms with E-state index in [1.165, 1.54) is 23.3 Å². The van der Waals surface area contributed by atoms with E-state index in [1.807, 2.05) is 13.0 Å². The Labute approximate surface area is 254 Å². The van der Waals surface area contributed by atoms with Crippen LogP contribution in [-0.2, 0) is 9.59 Å². The number of nitrogens with zero attached hydrogens (tertiary/aromatic N) is 2. The fourth-order valence-electron chi connectivity index (χ4n) is 4.88. The lowest BCUT2D eigenvalue weighted by Crippen LogP contribution is -2.29. The highest BCUT2D eigenvalue weighted by Crippen LogP contribution is 2.46. The lowest BCUT2D eigenvalue weighted by molar-refractivity contribution is -0.132. The SMILES string of the molecule is CCCCOc1ccc(C2/C(=C(\O)c3cccc(OCCC)c3)C(=O)C(=O)N2c2nc3ccc(OC)cc3s2)cc1OC. The molecule has 0 spiro atoms. The Hall–Kier alpha value is -4.57. The number of thiazole rings is 1. The summed E-state index contributed by atoms with van der Waals surface area (Å²) in [5.41, 5.74) is 1.50. The first-order chi connectivity index (χ1) is 20.9. The Morgan fingerprint density at radius 2 is 1.74 bits per heavy atom. The van der Waals surface area contributed by atoms with E-state index >= 15 is 0 Å². The third kappa shape index (κ3) is 6.01. The molecule has 1 aliphatic rings. The van der Waals surface area contributed by atoms with Crippen molar-refractivity contribution in [2.45, 2.75) is 39.2 Å². The summed E-state index contributed by atoms with van der Waals surface area (Å²) in [6.45, 7) is 5.11. The monoisotopic (exact) mass is 602 g/mol. The van der Waals surface area contributed by atoms with Crippen molar-refractivity contribution >= 4 is 44.1 Å². The molecule has 224 valence electrons. The van der Waals surface area contributed by atoms with Crippen LogP contribution in [0.5, 0.6) is 23.0 Å². The van der Waals surface area contributed by atoms with Crippen LogP contribution in [0.15, 0.2) is 66.2 Å². The Bertz CT molecular complexity index is 1680. The van der Waals surface area contributed by atoms with Gasteiger partial charge in [0.15, 0.2) is 16.6 Å². The minimum Gasteiger partial charge on any atom is -0.507 e. The number of hydrogen-bond acceptors (Lipinski definition) is 9. The topological polar surface area (TPSA) is 107 Å². The van der Waals surface area contributed by atoms with E-state index in [2.05, 4.69) is 6.92 Å². The van der Waals surface area contributed by atoms with Crippen LogP contribution in [0.4, 0.5) is 5.13 Å². The largest absolute Gasteiger partial charge is 0.507 e. The summed E-state index contributed by atoms with van der Waals surface area (Å²) in [5, 5.41) is 11.9. The quantitative estimate of drug-likeness (QED) is 0.0807. The maximum absolute atomic E-state index is 13.7. The first-order valence-corrected chi connectivity index (χ1v) is 15.0. The van der Waals surface area contributed by atoms with Gasteiger partial charge in [-0.1, -0.05) is 49.8 Å². The Morgan fingerprint density at radius 3 is 2.49 bits per heavy atom. The number of rotatable bonds is 12. The van der Waals surface area contributed by atoms with Crippen LogP contribution in [0, 0.1) is 0 Å². The lowest BCUT2D eigenvalue weighted by atomic mass is 9.95. The number of aliphatic hydroxyl groups excluding tert-OH is 1. The standard InChI is InChI=1S/C33H34N2O7S/c1-5-7-16-42-25-14-11-20(18-26(25)40-4)29-28(30(36)21-9-8-10-23(17-21)41-15-6-2)31(37)32(38)35(29)33-34-24-13-12-22(39-3)19-27(24)43-33/h8-14,17-19,29,36H,5-7,15-16H2,1-4H3/b30-28+. The Kier molecular flexibility index (Phi) is 9.16. The van der Waals surface area contributed by atoms with Crippen LogP contribution >= 0.6 is 11.3 Å². The van der Waals surface area contributed by atoms with Gasteiger partial charge in [-0.25, -0.2) is 4.98 Å². The molecule has 1 unspecified atom stereocenters. The van der Waals surface area contributed by atoms with E-state index in [1.54, 1.807) is 61.7 Å². The Balaban J connectivity index is 1.67. The van der Waals surface area contributed by atoms with Crippen molar-refractivity contribution in [3.05, 3.63) is 77.4 Å². The highest BCUT2D eigenvalue weighted by atomic mass is 32.1. The van der Waals surface area contributed by atoms with Crippen molar-refractivity contribution in [1.29, 1.82) is 0 Å². The first kappa shape index (κ1) is 29.9. The fraction of sp³-hybridized carbons (Fsp3) is 0.303. The number of benzene rings is 3. The molecule has 0 radical (unpaired) electrons. The third-order valence-electron chi connectivity index (χ3n) is 7.07. The molecule has 1 N–H and O–H groups in total. The number of aromatic nitrogens is 1. The van der Waals surface area contributed by atoms with Crippen LogP contribution in [0.2, 0.25) is 0 Å². The summed E-state index contributed by atoms with van der Waals surface area (Å²) in [5.74, 6) is 0.270. The second kappa shape index (κ2) is 13.2. The maximum atomic E-state index is 13.7. The number of unbranched alkanes of at least 4 members (excludes halogenated alkanes) is 1. The van der Waals surface area contributed by atoms with E-state index in [9.17, 15) is 14.7 Å². The van der Waals surface area contributed by atoms with Crippen LogP contribution in [0.3, 0.4) is 0 Å². The van der Waals surface area contributed by atoms with Gasteiger partial charge in [-0.2, -0.15) is 0 Å². The summed E-state index contributed by atoms with van der Waals surface area (Å²) in [6.07, 6.45) is 2.68. The number of anilines is 1. The molecule has 1 fully saturated rings. The summed E-state index contributed by atoms with van der Waals surface area (Å²) in [7, 11) is 3.11. The van der Waals surface area contributed by atoms with Crippen LogP contribution in [-0.4, -0.2) is 49.2 Å². The van der Waals surface area contributed by atoms with Gasteiger partial charge in [-0.15, -0.1) is 0 Å². The lowest BCUT2D eigenvalue weighted by Gasteiger charge is -2.24. The number of ether oxygens (including phenoxy) is 4. The number of Topliss-reactive ketones (excluding diaryl/α,β-unsaturated/α-hetero) is 1. The first-order valence-electron chi connectivity index (χ1n) is 14.2. The van der Waals surface area contributed by atoms with E-state index in [-0.39, 0.29) is 11.3 Å². The van der Waals surface area contributed by atoms with Gasteiger partial charge in [0, 0.05) is 5.56 Å². The highest BCUT2D eigenvalue weighted by Gasteiger charge is 2.48. The predicted molar refractivity (Wildman–Crippen MR) is 167 cm³/mol. The zero-order valence-electron chi connectivity index (χ0n) is 24.6. The molecular formula is C33H34N2O7S. The van der Waals surface area contributed by atoms with Crippen molar-refractivity contribution in [3.63, 3.8) is 0 Å². The van der Waals surface area contributed by atoms with Gasteiger partial charge < -0.3 is 24.1 Å². The number of aliphatic hydroxyl groups is 1. The van der Waals surface area contributed by atoms with Gasteiger partial charge in [0.1, 0.15) is 17.3 Å². The normalized spacial score (nSPS) is 16.1. The van der Waals surface area contributed by atoms with E-state index in [0.717, 1.165) is 24.0 Å². The summed E-state index contributed by atoms with van der Waals surface area (Å²) < 4.78 is 23.5. The zero-order chi connectivity index (χ0) is 30.5. The van der Waals surface area contributed by atoms with Crippen molar-refractivity contribution in [3.8, 4) is 23.0 Å². The molecule has 0 bridgehead atoms. The van der Waals surface area contributed by atoms with Crippen molar-refractivity contribution in [1.82, 2.24) is 4.98 Å². The number of carbonyl (C=O) groups is 2. The van der Waals surface area contributed by atoms with Crippen LogP contribution in [0.1, 0.15) is 50.3 Å². The molecule has 43 heavy (non-hydrogen) atoms. The molecular weight excluding hydrogens is 568 g/mol. The van der Waals surface area contributed by atoms with Gasteiger partial charge in [0.25, 0.3) is 5.78 Å². The molecule has 0 saturated carbocycles. The molecule has 10 heteroatoms. The van der Waals surface area contributed by atoms with Crippen LogP contribution in [0.25, 0.3) is 16.0 Å². The molecule has 1 aliphatic heterocycles. The molecule has 2 heterocycles. The predicted octanol–water partition coefficient (Wildman–Crippen LogP) is 6.91. The average molecular weight is 603 g/mol. The minimum atomic E-state index is -0.985. The molecule has 9 nitrogen and oxygen atoms in total. The number of hydrogen-bond donors (Lipinski definition) is 1. The molecule has 1 atom stereocenters. The van der Waals surface area contributed by atoms with E-state index < -0.39 is 17.7 Å². The third-order valence-corrected chi connectivity index (χ3v) is 8.09. The average Bonchev–Trinajstić information content (AvgIpc) is 3.57. The summed E-state index contributed by atoms with van der Waals surface area (Å²) in [6, 6.07) is 16.5. The number of fused-ring (bicyclic) bond motifs is 1. The number of ketones is 1. The number of amides is 1. The second-order valence-electron chi connectivity index (χ2n) is 9.99. The van der Waals surface area contributed by atoms with Gasteiger partial charge in [-0.3, -0.25) is 14.5 Å².